The lowest BCUT2D eigenvalue weighted by molar-refractivity contribution is 0.457. The van der Waals surface area contributed by atoms with Gasteiger partial charge in [0, 0.05) is 21.6 Å². The number of aliphatic imine (C=N–C) groups is 1. The van der Waals surface area contributed by atoms with Crippen LogP contribution in [0.2, 0.25) is 0 Å². The van der Waals surface area contributed by atoms with Gasteiger partial charge in [-0.1, -0.05) is 34.1 Å². The minimum Gasteiger partial charge on any atom is -0.494 e. The third kappa shape index (κ3) is 2.72. The number of aryl methyl sites for hydroxylation is 2. The number of nitrogens with one attached hydrogen (secondary N) is 1. The number of rotatable bonds is 2. The molecule has 3 rings (SSSR count). The van der Waals surface area contributed by atoms with E-state index in [4.69, 9.17) is 0 Å². The van der Waals surface area contributed by atoms with E-state index in [9.17, 15) is 5.11 Å². The zero-order valence-electron chi connectivity index (χ0n) is 11.8. The van der Waals surface area contributed by atoms with E-state index in [0.717, 1.165) is 26.6 Å². The Balaban J connectivity index is 2.02. The molecule has 2 aromatic carbocycles. The monoisotopic (exact) mass is 342 g/mol. The Kier molecular flexibility index (Phi) is 3.55. The van der Waals surface area contributed by atoms with Crippen molar-refractivity contribution in [3.8, 4) is 5.88 Å². The highest BCUT2D eigenvalue weighted by Crippen LogP contribution is 2.28. The first kappa shape index (κ1) is 13.9. The molecule has 1 heterocycles. The summed E-state index contributed by atoms with van der Waals surface area (Å²) in [5.41, 5.74) is 4.78. The maximum Gasteiger partial charge on any atom is 0.198 e. The predicted octanol–water partition coefficient (Wildman–Crippen LogP) is 5.00. The molecule has 0 atom stereocenters. The lowest BCUT2D eigenvalue weighted by atomic mass is 10.1. The Morgan fingerprint density at radius 3 is 2.71 bits per heavy atom. The summed E-state index contributed by atoms with van der Waals surface area (Å²) in [6, 6.07) is 11.9. The Morgan fingerprint density at radius 2 is 1.95 bits per heavy atom. The molecule has 2 N–H and O–H groups in total. The predicted molar refractivity (Wildman–Crippen MR) is 90.8 cm³/mol. The van der Waals surface area contributed by atoms with Crippen molar-refractivity contribution in [1.82, 2.24) is 4.98 Å². The first-order valence-electron chi connectivity index (χ1n) is 6.66. The van der Waals surface area contributed by atoms with Crippen molar-refractivity contribution in [2.75, 3.05) is 0 Å². The summed E-state index contributed by atoms with van der Waals surface area (Å²) in [4.78, 5) is 7.43. The largest absolute Gasteiger partial charge is 0.494 e. The summed E-state index contributed by atoms with van der Waals surface area (Å²) >= 11 is 3.50. The van der Waals surface area contributed by atoms with Crippen LogP contribution in [-0.2, 0) is 0 Å². The minimum atomic E-state index is 0.144. The summed E-state index contributed by atoms with van der Waals surface area (Å²) < 4.78 is 1.02. The second-order valence-corrected chi connectivity index (χ2v) is 5.98. The van der Waals surface area contributed by atoms with E-state index >= 15 is 0 Å². The lowest BCUT2D eigenvalue weighted by Gasteiger charge is -1.99. The molecule has 106 valence electrons. The minimum absolute atomic E-state index is 0.144. The number of fused-ring (bicyclic) bond motifs is 1. The van der Waals surface area contributed by atoms with Crippen LogP contribution in [0.5, 0.6) is 5.88 Å². The van der Waals surface area contributed by atoms with E-state index in [0.29, 0.717) is 5.56 Å². The average Bonchev–Trinajstić information content (AvgIpc) is 2.75. The SMILES string of the molecule is Cc1ccc2c(C=Nc3ccc(C)c(Br)c3)c(O)[nH]c2c1. The maximum atomic E-state index is 10.0. The standard InChI is InChI=1S/C17H15BrN2O/c1-10-3-6-13-14(17(21)20-16(13)7-10)9-19-12-5-4-11(2)15(18)8-12/h3-9,20-21H,1-2H3. The normalized spacial score (nSPS) is 11.6. The fourth-order valence-electron chi connectivity index (χ4n) is 2.25. The smallest absolute Gasteiger partial charge is 0.198 e. The Morgan fingerprint density at radius 1 is 1.14 bits per heavy atom. The number of aromatic amines is 1. The van der Waals surface area contributed by atoms with Crippen LogP contribution in [-0.4, -0.2) is 16.3 Å². The number of hydrogen-bond acceptors (Lipinski definition) is 2. The van der Waals surface area contributed by atoms with Gasteiger partial charge in [0.1, 0.15) is 0 Å². The Bertz CT molecular complexity index is 849. The second kappa shape index (κ2) is 5.37. The van der Waals surface area contributed by atoms with Crippen LogP contribution in [0.15, 0.2) is 45.9 Å². The highest BCUT2D eigenvalue weighted by Gasteiger charge is 2.08. The molecule has 0 bridgehead atoms. The molecule has 0 saturated heterocycles. The summed E-state index contributed by atoms with van der Waals surface area (Å²) in [5.74, 6) is 0.144. The molecule has 0 aliphatic heterocycles. The van der Waals surface area contributed by atoms with Crippen molar-refractivity contribution in [2.45, 2.75) is 13.8 Å². The van der Waals surface area contributed by atoms with E-state index in [2.05, 4.69) is 25.9 Å². The van der Waals surface area contributed by atoms with Crippen LogP contribution in [0.25, 0.3) is 10.9 Å². The molecule has 0 aliphatic rings. The van der Waals surface area contributed by atoms with Crippen molar-refractivity contribution in [3.63, 3.8) is 0 Å². The zero-order chi connectivity index (χ0) is 15.0. The zero-order valence-corrected chi connectivity index (χ0v) is 13.4. The highest BCUT2D eigenvalue weighted by atomic mass is 79.9. The van der Waals surface area contributed by atoms with Crippen molar-refractivity contribution in [2.24, 2.45) is 4.99 Å². The van der Waals surface area contributed by atoms with E-state index in [1.54, 1.807) is 6.21 Å². The van der Waals surface area contributed by atoms with Crippen molar-refractivity contribution in [1.29, 1.82) is 0 Å². The molecule has 0 unspecified atom stereocenters. The molecule has 4 heteroatoms. The number of hydrogen-bond donors (Lipinski definition) is 2. The average molecular weight is 343 g/mol. The van der Waals surface area contributed by atoms with Gasteiger partial charge in [0.15, 0.2) is 5.88 Å². The molecule has 3 aromatic rings. The topological polar surface area (TPSA) is 48.4 Å². The Hall–Kier alpha value is -2.07. The molecule has 0 aliphatic carbocycles. The van der Waals surface area contributed by atoms with Crippen LogP contribution < -0.4 is 0 Å². The van der Waals surface area contributed by atoms with Gasteiger partial charge in [-0.05, 0) is 43.2 Å². The lowest BCUT2D eigenvalue weighted by Crippen LogP contribution is -1.80. The number of H-pyrrole nitrogens is 1. The van der Waals surface area contributed by atoms with Gasteiger partial charge in [0.05, 0.1) is 11.3 Å². The number of halogens is 1. The van der Waals surface area contributed by atoms with Crippen molar-refractivity contribution in [3.05, 3.63) is 57.6 Å². The summed E-state index contributed by atoms with van der Waals surface area (Å²) in [7, 11) is 0. The van der Waals surface area contributed by atoms with Crippen LogP contribution in [0.3, 0.4) is 0 Å². The Labute approximate surface area is 131 Å². The molecule has 1 aromatic heterocycles. The van der Waals surface area contributed by atoms with Gasteiger partial charge in [-0.25, -0.2) is 0 Å². The highest BCUT2D eigenvalue weighted by molar-refractivity contribution is 9.10. The van der Waals surface area contributed by atoms with Gasteiger partial charge >= 0.3 is 0 Å². The number of benzene rings is 2. The summed E-state index contributed by atoms with van der Waals surface area (Å²) in [5, 5.41) is 11.0. The molecule has 0 radical (unpaired) electrons. The van der Waals surface area contributed by atoms with Gasteiger partial charge in [0.2, 0.25) is 0 Å². The van der Waals surface area contributed by atoms with Crippen LogP contribution in [0.4, 0.5) is 5.69 Å². The van der Waals surface area contributed by atoms with Gasteiger partial charge in [-0.2, -0.15) is 0 Å². The van der Waals surface area contributed by atoms with Crippen LogP contribution in [0.1, 0.15) is 16.7 Å². The first-order valence-corrected chi connectivity index (χ1v) is 7.45. The molecule has 0 fully saturated rings. The van der Waals surface area contributed by atoms with Crippen molar-refractivity contribution < 1.29 is 5.11 Å². The number of aromatic nitrogens is 1. The fraction of sp³-hybridized carbons (Fsp3) is 0.118. The van der Waals surface area contributed by atoms with Gasteiger partial charge < -0.3 is 10.1 Å². The number of nitrogens with zero attached hydrogens (tertiary/aromatic N) is 1. The van der Waals surface area contributed by atoms with E-state index in [1.165, 1.54) is 5.56 Å². The second-order valence-electron chi connectivity index (χ2n) is 5.13. The molecule has 0 spiro atoms. The third-order valence-corrected chi connectivity index (χ3v) is 4.33. The van der Waals surface area contributed by atoms with E-state index in [1.807, 2.05) is 50.2 Å². The summed E-state index contributed by atoms with van der Waals surface area (Å²) in [6.45, 7) is 4.06. The van der Waals surface area contributed by atoms with Crippen molar-refractivity contribution >= 4 is 38.7 Å². The molecular weight excluding hydrogens is 328 g/mol. The van der Waals surface area contributed by atoms with Gasteiger partial charge in [0.25, 0.3) is 0 Å². The van der Waals surface area contributed by atoms with Crippen LogP contribution >= 0.6 is 15.9 Å². The molecule has 0 saturated carbocycles. The van der Waals surface area contributed by atoms with Gasteiger partial charge in [-0.3, -0.25) is 4.99 Å². The first-order chi connectivity index (χ1) is 10.0. The quantitative estimate of drug-likeness (QED) is 0.632. The van der Waals surface area contributed by atoms with E-state index in [-0.39, 0.29) is 5.88 Å². The van der Waals surface area contributed by atoms with Crippen LogP contribution in [0, 0.1) is 13.8 Å². The maximum absolute atomic E-state index is 10.0. The van der Waals surface area contributed by atoms with Gasteiger partial charge in [-0.15, -0.1) is 0 Å². The summed E-state index contributed by atoms with van der Waals surface area (Å²) in [6.07, 6.45) is 1.70. The molecule has 21 heavy (non-hydrogen) atoms. The van der Waals surface area contributed by atoms with E-state index < -0.39 is 0 Å². The molecule has 3 nitrogen and oxygen atoms in total. The molecule has 0 amide bonds. The third-order valence-electron chi connectivity index (χ3n) is 3.47. The fourth-order valence-corrected chi connectivity index (χ4v) is 2.62. The number of aromatic hydroxyl groups is 1. The molecular formula is C17H15BrN2O.